The molecule has 0 bridgehead atoms. The molecular formula is C11H16O5. The number of hydrogen-bond acceptors (Lipinski definition) is 5. The summed E-state index contributed by atoms with van der Waals surface area (Å²) in [6, 6.07) is 0. The zero-order chi connectivity index (χ0) is 11.2. The van der Waals surface area contributed by atoms with E-state index in [0.29, 0.717) is 19.3 Å². The number of ether oxygens (including phenoxy) is 3. The maximum Gasteiger partial charge on any atom is 0.308 e. The molecule has 3 fully saturated rings. The van der Waals surface area contributed by atoms with Crippen molar-refractivity contribution in [3.63, 3.8) is 0 Å². The van der Waals surface area contributed by atoms with Gasteiger partial charge in [0, 0.05) is 19.4 Å². The van der Waals surface area contributed by atoms with Crippen molar-refractivity contribution in [2.45, 2.75) is 56.2 Å². The van der Waals surface area contributed by atoms with Crippen molar-refractivity contribution in [1.29, 1.82) is 0 Å². The molecule has 4 atom stereocenters. The Bertz CT molecular complexity index is 287. The molecule has 5 heteroatoms. The molecule has 0 radical (unpaired) electrons. The minimum atomic E-state index is -0.546. The summed E-state index contributed by atoms with van der Waals surface area (Å²) in [4.78, 5) is 11.1. The van der Waals surface area contributed by atoms with Gasteiger partial charge in [0.05, 0.1) is 12.5 Å². The first-order valence-corrected chi connectivity index (χ1v) is 5.87. The maximum absolute atomic E-state index is 11.1. The van der Waals surface area contributed by atoms with E-state index in [0.717, 1.165) is 12.8 Å². The number of aliphatic hydroxyl groups excluding tert-OH is 1. The van der Waals surface area contributed by atoms with Gasteiger partial charge in [-0.05, 0) is 12.8 Å². The van der Waals surface area contributed by atoms with E-state index in [4.69, 9.17) is 19.3 Å². The molecule has 0 aliphatic carbocycles. The van der Waals surface area contributed by atoms with Crippen LogP contribution in [0.15, 0.2) is 0 Å². The molecule has 90 valence electrons. The minimum absolute atomic E-state index is 0.0829. The standard InChI is InChI=1S/C11H16O5/c12-4-2-7-1-3-11(15-7)6-9-8(16-11)5-10(13)14-9/h7-9,12H,1-6H2/t7-,8-,9-,11-/m0/s1. The number of carbonyl (C=O) groups is 1. The topological polar surface area (TPSA) is 65.0 Å². The molecule has 0 aromatic carbocycles. The molecule has 3 aliphatic heterocycles. The molecule has 16 heavy (non-hydrogen) atoms. The van der Waals surface area contributed by atoms with Crippen LogP contribution in [0, 0.1) is 0 Å². The molecule has 3 saturated heterocycles. The van der Waals surface area contributed by atoms with Gasteiger partial charge in [-0.2, -0.15) is 0 Å². The average molecular weight is 228 g/mol. The Morgan fingerprint density at radius 1 is 1.38 bits per heavy atom. The van der Waals surface area contributed by atoms with Crippen molar-refractivity contribution in [3.8, 4) is 0 Å². The van der Waals surface area contributed by atoms with Crippen LogP contribution in [0.25, 0.3) is 0 Å². The van der Waals surface area contributed by atoms with E-state index in [1.165, 1.54) is 0 Å². The number of esters is 1. The number of hydrogen-bond donors (Lipinski definition) is 1. The highest BCUT2D eigenvalue weighted by molar-refractivity contribution is 5.72. The highest BCUT2D eigenvalue weighted by atomic mass is 16.7. The predicted molar refractivity (Wildman–Crippen MR) is 52.5 cm³/mol. The van der Waals surface area contributed by atoms with Gasteiger partial charge in [0.25, 0.3) is 0 Å². The minimum Gasteiger partial charge on any atom is -0.459 e. The van der Waals surface area contributed by atoms with E-state index in [-0.39, 0.29) is 30.9 Å². The third kappa shape index (κ3) is 1.63. The molecule has 3 aliphatic rings. The lowest BCUT2D eigenvalue weighted by Gasteiger charge is -2.24. The van der Waals surface area contributed by atoms with Gasteiger partial charge in [-0.15, -0.1) is 0 Å². The third-order valence-corrected chi connectivity index (χ3v) is 3.62. The van der Waals surface area contributed by atoms with Gasteiger partial charge < -0.3 is 19.3 Å². The second kappa shape index (κ2) is 3.68. The molecule has 5 nitrogen and oxygen atoms in total. The lowest BCUT2D eigenvalue weighted by molar-refractivity contribution is -0.217. The van der Waals surface area contributed by atoms with E-state index >= 15 is 0 Å². The van der Waals surface area contributed by atoms with Gasteiger partial charge in [0.15, 0.2) is 5.79 Å². The number of fused-ring (bicyclic) bond motifs is 1. The fourth-order valence-corrected chi connectivity index (χ4v) is 2.90. The van der Waals surface area contributed by atoms with Crippen molar-refractivity contribution in [2.24, 2.45) is 0 Å². The number of aliphatic hydroxyl groups is 1. The Labute approximate surface area is 93.7 Å². The molecule has 0 aromatic rings. The average Bonchev–Trinajstić information content (AvgIpc) is 2.82. The molecular weight excluding hydrogens is 212 g/mol. The summed E-state index contributed by atoms with van der Waals surface area (Å²) in [5.41, 5.74) is 0. The summed E-state index contributed by atoms with van der Waals surface area (Å²) >= 11 is 0. The summed E-state index contributed by atoms with van der Waals surface area (Å²) in [7, 11) is 0. The zero-order valence-corrected chi connectivity index (χ0v) is 9.05. The summed E-state index contributed by atoms with van der Waals surface area (Å²) in [6.45, 7) is 0.141. The fraction of sp³-hybridized carbons (Fsp3) is 0.909. The van der Waals surface area contributed by atoms with E-state index in [9.17, 15) is 4.79 Å². The van der Waals surface area contributed by atoms with Gasteiger partial charge in [-0.1, -0.05) is 0 Å². The molecule has 0 saturated carbocycles. The summed E-state index contributed by atoms with van der Waals surface area (Å²) in [6.07, 6.45) is 3.22. The number of carbonyl (C=O) groups excluding carboxylic acids is 1. The van der Waals surface area contributed by atoms with Gasteiger partial charge in [-0.25, -0.2) is 0 Å². The molecule has 3 heterocycles. The van der Waals surface area contributed by atoms with Gasteiger partial charge in [0.1, 0.15) is 12.2 Å². The molecule has 0 amide bonds. The first-order valence-electron chi connectivity index (χ1n) is 5.87. The van der Waals surface area contributed by atoms with Crippen molar-refractivity contribution < 1.29 is 24.1 Å². The van der Waals surface area contributed by atoms with Crippen LogP contribution in [-0.4, -0.2) is 41.8 Å². The van der Waals surface area contributed by atoms with E-state index < -0.39 is 5.79 Å². The van der Waals surface area contributed by atoms with Crippen LogP contribution in [0.5, 0.6) is 0 Å². The number of rotatable bonds is 2. The highest BCUT2D eigenvalue weighted by Gasteiger charge is 2.55. The predicted octanol–water partition coefficient (Wildman–Crippen LogP) is 0.348. The van der Waals surface area contributed by atoms with Gasteiger partial charge in [0.2, 0.25) is 0 Å². The Morgan fingerprint density at radius 3 is 3.00 bits per heavy atom. The summed E-state index contributed by atoms with van der Waals surface area (Å²) in [5, 5.41) is 8.86. The molecule has 0 aromatic heterocycles. The van der Waals surface area contributed by atoms with Crippen LogP contribution in [0.1, 0.15) is 32.1 Å². The first-order chi connectivity index (χ1) is 7.71. The quantitative estimate of drug-likeness (QED) is 0.691. The van der Waals surface area contributed by atoms with Crippen LogP contribution in [0.3, 0.4) is 0 Å². The Hall–Kier alpha value is -0.650. The zero-order valence-electron chi connectivity index (χ0n) is 9.05. The van der Waals surface area contributed by atoms with Gasteiger partial charge in [-0.3, -0.25) is 4.79 Å². The van der Waals surface area contributed by atoms with Crippen LogP contribution in [-0.2, 0) is 19.0 Å². The smallest absolute Gasteiger partial charge is 0.308 e. The van der Waals surface area contributed by atoms with Crippen molar-refractivity contribution in [3.05, 3.63) is 0 Å². The third-order valence-electron chi connectivity index (χ3n) is 3.62. The normalized spacial score (nSPS) is 46.3. The van der Waals surface area contributed by atoms with Crippen molar-refractivity contribution in [2.75, 3.05) is 6.61 Å². The van der Waals surface area contributed by atoms with Gasteiger partial charge >= 0.3 is 5.97 Å². The van der Waals surface area contributed by atoms with Crippen molar-refractivity contribution >= 4 is 5.97 Å². The van der Waals surface area contributed by atoms with E-state index in [1.54, 1.807) is 0 Å². The maximum atomic E-state index is 11.1. The first kappa shape index (κ1) is 10.5. The highest BCUT2D eigenvalue weighted by Crippen LogP contribution is 2.46. The summed E-state index contributed by atoms with van der Waals surface area (Å²) in [5.74, 6) is -0.717. The molecule has 1 N–H and O–H groups in total. The fourth-order valence-electron chi connectivity index (χ4n) is 2.90. The Kier molecular flexibility index (Phi) is 2.42. The lowest BCUT2D eigenvalue weighted by atomic mass is 10.1. The van der Waals surface area contributed by atoms with Crippen molar-refractivity contribution in [1.82, 2.24) is 0 Å². The molecule has 0 unspecified atom stereocenters. The molecule has 3 rings (SSSR count). The Morgan fingerprint density at radius 2 is 2.25 bits per heavy atom. The second-order valence-corrected chi connectivity index (χ2v) is 4.79. The van der Waals surface area contributed by atoms with Crippen LogP contribution >= 0.6 is 0 Å². The largest absolute Gasteiger partial charge is 0.459 e. The van der Waals surface area contributed by atoms with Crippen LogP contribution < -0.4 is 0 Å². The van der Waals surface area contributed by atoms with E-state index in [2.05, 4.69) is 0 Å². The van der Waals surface area contributed by atoms with Crippen LogP contribution in [0.4, 0.5) is 0 Å². The SMILES string of the molecule is O=C1C[C@@H]2O[C@@]3(CC[C@@H](CCO)O3)C[C@@H]2O1. The second-order valence-electron chi connectivity index (χ2n) is 4.79. The lowest BCUT2D eigenvalue weighted by Crippen LogP contribution is -2.30. The van der Waals surface area contributed by atoms with E-state index in [1.807, 2.05) is 0 Å². The monoisotopic (exact) mass is 228 g/mol. The summed E-state index contributed by atoms with van der Waals surface area (Å²) < 4.78 is 16.9. The molecule has 1 spiro atoms. The van der Waals surface area contributed by atoms with Crippen LogP contribution in [0.2, 0.25) is 0 Å². The Balaban J connectivity index is 1.64.